The van der Waals surface area contributed by atoms with Crippen LogP contribution < -0.4 is 5.32 Å². The highest BCUT2D eigenvalue weighted by atomic mass is 16.2. The van der Waals surface area contributed by atoms with Crippen molar-refractivity contribution in [2.45, 2.75) is 32.6 Å². The molecule has 1 aromatic carbocycles. The van der Waals surface area contributed by atoms with Crippen molar-refractivity contribution in [2.24, 2.45) is 11.8 Å². The van der Waals surface area contributed by atoms with Crippen molar-refractivity contribution < 1.29 is 9.59 Å². The van der Waals surface area contributed by atoms with Gasteiger partial charge in [-0.2, -0.15) is 0 Å². The molecule has 2 aliphatic rings. The molecule has 0 heterocycles. The summed E-state index contributed by atoms with van der Waals surface area (Å²) in [6.07, 6.45) is 4.98. The quantitative estimate of drug-likeness (QED) is 0.813. The van der Waals surface area contributed by atoms with Crippen molar-refractivity contribution in [3.8, 4) is 0 Å². The third-order valence-electron chi connectivity index (χ3n) is 4.16. The average molecular weight is 286 g/mol. The lowest BCUT2D eigenvalue weighted by molar-refractivity contribution is 0.101. The molecule has 1 aromatic rings. The maximum Gasteiger partial charge on any atom is 0.321 e. The Kier molecular flexibility index (Phi) is 3.95. The van der Waals surface area contributed by atoms with Gasteiger partial charge >= 0.3 is 6.03 Å². The minimum Gasteiger partial charge on any atom is -0.324 e. The van der Waals surface area contributed by atoms with E-state index in [0.717, 1.165) is 13.1 Å². The van der Waals surface area contributed by atoms with Crippen LogP contribution in [0, 0.1) is 11.8 Å². The first-order chi connectivity index (χ1) is 10.1. The maximum atomic E-state index is 12.5. The van der Waals surface area contributed by atoms with Crippen molar-refractivity contribution in [3.05, 3.63) is 29.8 Å². The molecule has 0 spiro atoms. The summed E-state index contributed by atoms with van der Waals surface area (Å²) < 4.78 is 0. The third-order valence-corrected chi connectivity index (χ3v) is 4.16. The van der Waals surface area contributed by atoms with Gasteiger partial charge in [0.05, 0.1) is 0 Å². The van der Waals surface area contributed by atoms with Crippen LogP contribution in [0.5, 0.6) is 0 Å². The van der Waals surface area contributed by atoms with Crippen LogP contribution in [0.15, 0.2) is 24.3 Å². The number of benzene rings is 1. The fraction of sp³-hybridized carbons (Fsp3) is 0.529. The smallest absolute Gasteiger partial charge is 0.321 e. The highest BCUT2D eigenvalue weighted by molar-refractivity contribution is 5.96. The van der Waals surface area contributed by atoms with Gasteiger partial charge in [-0.05, 0) is 56.6 Å². The van der Waals surface area contributed by atoms with Crippen molar-refractivity contribution in [1.82, 2.24) is 4.90 Å². The molecule has 112 valence electrons. The summed E-state index contributed by atoms with van der Waals surface area (Å²) in [5.74, 6) is 1.40. The maximum absolute atomic E-state index is 12.5. The molecular weight excluding hydrogens is 264 g/mol. The number of carbonyl (C=O) groups excluding carboxylic acids is 2. The van der Waals surface area contributed by atoms with Crippen molar-refractivity contribution in [2.75, 3.05) is 18.4 Å². The van der Waals surface area contributed by atoms with Crippen LogP contribution >= 0.6 is 0 Å². The molecule has 0 aromatic heterocycles. The minimum atomic E-state index is -0.0329. The number of amides is 2. The first-order valence-corrected chi connectivity index (χ1v) is 7.79. The molecule has 0 atom stereocenters. The summed E-state index contributed by atoms with van der Waals surface area (Å²) in [7, 11) is 0. The lowest BCUT2D eigenvalue weighted by atomic mass is 10.1. The Labute approximate surface area is 125 Å². The van der Waals surface area contributed by atoms with Gasteiger partial charge in [0.1, 0.15) is 0 Å². The monoisotopic (exact) mass is 286 g/mol. The third kappa shape index (κ3) is 4.06. The molecule has 4 nitrogen and oxygen atoms in total. The molecule has 0 unspecified atom stereocenters. The Balaban J connectivity index is 1.64. The molecule has 2 aliphatic carbocycles. The van der Waals surface area contributed by atoms with E-state index < -0.39 is 0 Å². The molecule has 0 saturated heterocycles. The number of rotatable bonds is 6. The summed E-state index contributed by atoms with van der Waals surface area (Å²) in [4.78, 5) is 25.8. The van der Waals surface area contributed by atoms with E-state index in [0.29, 0.717) is 23.1 Å². The molecule has 0 bridgehead atoms. The van der Waals surface area contributed by atoms with Gasteiger partial charge in [0.2, 0.25) is 0 Å². The van der Waals surface area contributed by atoms with E-state index in [1.54, 1.807) is 18.2 Å². The summed E-state index contributed by atoms with van der Waals surface area (Å²) >= 11 is 0. The highest BCUT2D eigenvalue weighted by Gasteiger charge is 2.31. The number of Topliss-reactive ketones (excluding diaryl/α,β-unsaturated/α-hetero) is 1. The number of carbonyl (C=O) groups is 2. The predicted molar refractivity (Wildman–Crippen MR) is 82.5 cm³/mol. The Bertz CT molecular complexity index is 533. The van der Waals surface area contributed by atoms with Crippen LogP contribution in [-0.4, -0.2) is 29.8 Å². The zero-order valence-electron chi connectivity index (χ0n) is 12.5. The van der Waals surface area contributed by atoms with Gasteiger partial charge in [0.25, 0.3) is 0 Å². The lowest BCUT2D eigenvalue weighted by Gasteiger charge is -2.23. The molecule has 0 aliphatic heterocycles. The van der Waals surface area contributed by atoms with E-state index >= 15 is 0 Å². The number of urea groups is 1. The number of anilines is 1. The Hall–Kier alpha value is -1.84. The van der Waals surface area contributed by atoms with Gasteiger partial charge < -0.3 is 10.2 Å². The van der Waals surface area contributed by atoms with Gasteiger partial charge in [0.15, 0.2) is 5.78 Å². The van der Waals surface area contributed by atoms with Gasteiger partial charge in [-0.25, -0.2) is 4.79 Å². The topological polar surface area (TPSA) is 49.4 Å². The summed E-state index contributed by atoms with van der Waals surface area (Å²) in [6, 6.07) is 7.11. The first-order valence-electron chi connectivity index (χ1n) is 7.79. The van der Waals surface area contributed by atoms with Crippen LogP contribution in [0.2, 0.25) is 0 Å². The SMILES string of the molecule is CC(=O)c1cccc(NC(=O)N(CC2CC2)CC2CC2)c1. The summed E-state index contributed by atoms with van der Waals surface area (Å²) in [5, 5.41) is 2.94. The number of ketones is 1. The van der Waals surface area contributed by atoms with E-state index in [-0.39, 0.29) is 11.8 Å². The predicted octanol–water partition coefficient (Wildman–Crippen LogP) is 3.54. The number of nitrogens with one attached hydrogen (secondary N) is 1. The van der Waals surface area contributed by atoms with Crippen LogP contribution in [0.3, 0.4) is 0 Å². The summed E-state index contributed by atoms with van der Waals surface area (Å²) in [6.45, 7) is 3.27. The van der Waals surface area contributed by atoms with E-state index in [1.165, 1.54) is 32.6 Å². The zero-order valence-corrected chi connectivity index (χ0v) is 12.5. The number of hydrogen-bond donors (Lipinski definition) is 1. The highest BCUT2D eigenvalue weighted by Crippen LogP contribution is 2.34. The van der Waals surface area contributed by atoms with Crippen molar-refractivity contribution in [3.63, 3.8) is 0 Å². The second kappa shape index (κ2) is 5.88. The fourth-order valence-corrected chi connectivity index (χ4v) is 2.48. The van der Waals surface area contributed by atoms with Crippen molar-refractivity contribution >= 4 is 17.5 Å². The normalized spacial score (nSPS) is 17.4. The second-order valence-electron chi connectivity index (χ2n) is 6.36. The van der Waals surface area contributed by atoms with E-state index in [1.807, 2.05) is 11.0 Å². The molecule has 2 amide bonds. The van der Waals surface area contributed by atoms with Crippen LogP contribution in [0.25, 0.3) is 0 Å². The van der Waals surface area contributed by atoms with E-state index in [4.69, 9.17) is 0 Å². The number of hydrogen-bond acceptors (Lipinski definition) is 2. The van der Waals surface area contributed by atoms with E-state index in [2.05, 4.69) is 5.32 Å². The Morgan fingerprint density at radius 1 is 1.14 bits per heavy atom. The Morgan fingerprint density at radius 3 is 2.29 bits per heavy atom. The standard InChI is InChI=1S/C17H22N2O2/c1-12(20)15-3-2-4-16(9-15)18-17(21)19(10-13-5-6-13)11-14-7-8-14/h2-4,9,13-14H,5-8,10-11H2,1H3,(H,18,21). The van der Waals surface area contributed by atoms with Gasteiger partial charge in [-0.3, -0.25) is 4.79 Å². The van der Waals surface area contributed by atoms with Crippen molar-refractivity contribution in [1.29, 1.82) is 0 Å². The van der Waals surface area contributed by atoms with Gasteiger partial charge in [-0.1, -0.05) is 12.1 Å². The first kappa shape index (κ1) is 14.1. The van der Waals surface area contributed by atoms with Crippen LogP contribution in [0.4, 0.5) is 10.5 Å². The zero-order chi connectivity index (χ0) is 14.8. The summed E-state index contributed by atoms with van der Waals surface area (Å²) in [5.41, 5.74) is 1.33. The lowest BCUT2D eigenvalue weighted by Crippen LogP contribution is -2.38. The molecule has 0 radical (unpaired) electrons. The molecule has 1 N–H and O–H groups in total. The molecular formula is C17H22N2O2. The Morgan fingerprint density at radius 2 is 1.76 bits per heavy atom. The fourth-order valence-electron chi connectivity index (χ4n) is 2.48. The van der Waals surface area contributed by atoms with E-state index in [9.17, 15) is 9.59 Å². The molecule has 2 saturated carbocycles. The second-order valence-corrected chi connectivity index (χ2v) is 6.36. The van der Waals surface area contributed by atoms with Gasteiger partial charge in [-0.15, -0.1) is 0 Å². The largest absolute Gasteiger partial charge is 0.324 e. The molecule has 3 rings (SSSR count). The molecule has 4 heteroatoms. The van der Waals surface area contributed by atoms with Crippen LogP contribution in [0.1, 0.15) is 43.0 Å². The molecule has 2 fully saturated rings. The molecule has 21 heavy (non-hydrogen) atoms. The average Bonchev–Trinajstić information content (AvgIpc) is 3.33. The van der Waals surface area contributed by atoms with Gasteiger partial charge in [0, 0.05) is 24.3 Å². The number of nitrogens with zero attached hydrogens (tertiary/aromatic N) is 1. The minimum absolute atomic E-state index is 0.0129. The van der Waals surface area contributed by atoms with Crippen LogP contribution in [-0.2, 0) is 0 Å².